The molecule has 6 nitrogen and oxygen atoms in total. The summed E-state index contributed by atoms with van der Waals surface area (Å²) in [6, 6.07) is 10.3. The van der Waals surface area contributed by atoms with Crippen LogP contribution in [-0.2, 0) is 9.84 Å². The molecule has 0 atom stereocenters. The Morgan fingerprint density at radius 2 is 1.67 bits per heavy atom. The van der Waals surface area contributed by atoms with Crippen molar-refractivity contribution >= 4 is 42.4 Å². The summed E-state index contributed by atoms with van der Waals surface area (Å²) in [5, 5.41) is 0.645. The first kappa shape index (κ1) is 22.4. The topological polar surface area (TPSA) is 70.6 Å². The molecule has 3 aromatic rings. The first-order valence-corrected chi connectivity index (χ1v) is 12.3. The number of likely N-dealkylation sites (N-methyl/N-ethyl adjacent to an activating group) is 1. The Kier molecular flexibility index (Phi) is 6.59. The molecule has 0 bridgehead atoms. The molecule has 0 aliphatic rings. The van der Waals surface area contributed by atoms with Crippen LogP contribution in [0.4, 0.5) is 5.13 Å². The van der Waals surface area contributed by atoms with Crippen LogP contribution in [0.2, 0.25) is 0 Å². The lowest BCUT2D eigenvalue weighted by Gasteiger charge is -2.22. The molecule has 0 N–H and O–H groups in total. The number of aromatic nitrogens is 1. The number of amides is 1. The van der Waals surface area contributed by atoms with E-state index in [1.54, 1.807) is 24.0 Å². The van der Waals surface area contributed by atoms with Crippen LogP contribution >= 0.6 is 11.3 Å². The Hall–Kier alpha value is -2.29. The van der Waals surface area contributed by atoms with Crippen molar-refractivity contribution in [3.05, 3.63) is 53.1 Å². The second kappa shape index (κ2) is 8.83. The maximum atomic E-state index is 13.3. The molecular weight excluding hydrogens is 418 g/mol. The molecule has 160 valence electrons. The van der Waals surface area contributed by atoms with Crippen LogP contribution < -0.4 is 4.90 Å². The minimum atomic E-state index is -3.30. The molecule has 0 fully saturated rings. The number of hydrogen-bond acceptors (Lipinski definition) is 6. The van der Waals surface area contributed by atoms with Crippen LogP contribution in [0.3, 0.4) is 0 Å². The molecule has 0 unspecified atom stereocenters. The molecule has 2 aromatic carbocycles. The number of hydrogen-bond donors (Lipinski definition) is 0. The van der Waals surface area contributed by atoms with E-state index in [1.165, 1.54) is 34.6 Å². The smallest absolute Gasteiger partial charge is 0.260 e. The van der Waals surface area contributed by atoms with E-state index >= 15 is 0 Å². The number of sulfone groups is 1. The number of carbonyl (C=O) groups is 1. The SMILES string of the molecule is CCS(=O)(=O)c1ccc(C(=O)N(CCN(C)C)c2nc3cc(C)c(C)cc3s2)cc1. The molecule has 0 radical (unpaired) electrons. The molecule has 0 saturated heterocycles. The van der Waals surface area contributed by atoms with Crippen LogP contribution in [0.15, 0.2) is 41.3 Å². The van der Waals surface area contributed by atoms with Gasteiger partial charge in [0.05, 0.1) is 20.9 Å². The van der Waals surface area contributed by atoms with Crippen molar-refractivity contribution in [2.24, 2.45) is 0 Å². The van der Waals surface area contributed by atoms with Crippen molar-refractivity contribution < 1.29 is 13.2 Å². The van der Waals surface area contributed by atoms with E-state index in [0.717, 1.165) is 10.2 Å². The fourth-order valence-electron chi connectivity index (χ4n) is 2.99. The monoisotopic (exact) mass is 445 g/mol. The number of benzene rings is 2. The lowest BCUT2D eigenvalue weighted by Crippen LogP contribution is -2.36. The summed E-state index contributed by atoms with van der Waals surface area (Å²) in [6.45, 7) is 6.89. The highest BCUT2D eigenvalue weighted by Gasteiger charge is 2.22. The Balaban J connectivity index is 1.98. The van der Waals surface area contributed by atoms with E-state index < -0.39 is 9.84 Å². The molecule has 0 saturated carbocycles. The molecular formula is C22H27N3O3S2. The molecule has 0 spiro atoms. The summed E-state index contributed by atoms with van der Waals surface area (Å²) >= 11 is 1.49. The van der Waals surface area contributed by atoms with Gasteiger partial charge in [0.25, 0.3) is 5.91 Å². The van der Waals surface area contributed by atoms with Gasteiger partial charge < -0.3 is 4.90 Å². The summed E-state index contributed by atoms with van der Waals surface area (Å²) < 4.78 is 25.2. The van der Waals surface area contributed by atoms with E-state index in [4.69, 9.17) is 4.98 Å². The molecule has 1 heterocycles. The summed E-state index contributed by atoms with van der Waals surface area (Å²) in [7, 11) is 0.611. The van der Waals surface area contributed by atoms with Crippen molar-refractivity contribution in [1.82, 2.24) is 9.88 Å². The highest BCUT2D eigenvalue weighted by Crippen LogP contribution is 2.31. The summed E-state index contributed by atoms with van der Waals surface area (Å²) in [5.74, 6) is -0.162. The van der Waals surface area contributed by atoms with Crippen molar-refractivity contribution in [1.29, 1.82) is 0 Å². The Labute approximate surface area is 182 Å². The van der Waals surface area contributed by atoms with Gasteiger partial charge in [-0.25, -0.2) is 13.4 Å². The van der Waals surface area contributed by atoms with Crippen LogP contribution in [0.5, 0.6) is 0 Å². The van der Waals surface area contributed by atoms with Gasteiger partial charge >= 0.3 is 0 Å². The maximum absolute atomic E-state index is 13.3. The molecule has 0 aliphatic carbocycles. The number of carbonyl (C=O) groups excluding carboxylic acids is 1. The summed E-state index contributed by atoms with van der Waals surface area (Å²) in [5.41, 5.74) is 3.68. The third kappa shape index (κ3) is 4.71. The van der Waals surface area contributed by atoms with Gasteiger partial charge in [0.15, 0.2) is 15.0 Å². The van der Waals surface area contributed by atoms with E-state index in [9.17, 15) is 13.2 Å². The fourth-order valence-corrected chi connectivity index (χ4v) is 4.95. The number of anilines is 1. The quantitative estimate of drug-likeness (QED) is 0.551. The predicted molar refractivity (Wildman–Crippen MR) is 123 cm³/mol. The zero-order valence-corrected chi connectivity index (χ0v) is 19.6. The molecule has 1 amide bonds. The molecule has 8 heteroatoms. The lowest BCUT2D eigenvalue weighted by atomic mass is 10.1. The summed E-state index contributed by atoms with van der Waals surface area (Å²) in [6.07, 6.45) is 0. The van der Waals surface area contributed by atoms with Crippen LogP contribution in [0, 0.1) is 13.8 Å². The van der Waals surface area contributed by atoms with Gasteiger partial charge in [0.1, 0.15) is 0 Å². The molecule has 0 aliphatic heterocycles. The fraction of sp³-hybridized carbons (Fsp3) is 0.364. The van der Waals surface area contributed by atoms with Crippen LogP contribution in [0.25, 0.3) is 10.2 Å². The largest absolute Gasteiger partial charge is 0.308 e. The first-order chi connectivity index (χ1) is 14.1. The minimum absolute atomic E-state index is 0.0276. The molecule has 30 heavy (non-hydrogen) atoms. The van der Waals surface area contributed by atoms with E-state index in [-0.39, 0.29) is 16.6 Å². The van der Waals surface area contributed by atoms with Crippen molar-refractivity contribution in [3.8, 4) is 0 Å². The Morgan fingerprint density at radius 1 is 1.03 bits per heavy atom. The van der Waals surface area contributed by atoms with Crippen LogP contribution in [-0.4, -0.2) is 57.1 Å². The zero-order valence-electron chi connectivity index (χ0n) is 18.0. The molecule has 3 rings (SSSR count). The van der Waals surface area contributed by atoms with E-state index in [2.05, 4.69) is 19.9 Å². The third-order valence-corrected chi connectivity index (χ3v) is 7.87. The normalized spacial score (nSPS) is 11.9. The van der Waals surface area contributed by atoms with Gasteiger partial charge in [-0.3, -0.25) is 9.69 Å². The number of fused-ring (bicyclic) bond motifs is 1. The predicted octanol–water partition coefficient (Wildman–Crippen LogP) is 3.92. The summed E-state index contributed by atoms with van der Waals surface area (Å²) in [4.78, 5) is 22.0. The highest BCUT2D eigenvalue weighted by molar-refractivity contribution is 7.91. The van der Waals surface area contributed by atoms with Gasteiger partial charge in [-0.1, -0.05) is 18.3 Å². The highest BCUT2D eigenvalue weighted by atomic mass is 32.2. The number of nitrogens with zero attached hydrogens (tertiary/aromatic N) is 3. The number of rotatable bonds is 7. The van der Waals surface area contributed by atoms with Crippen molar-refractivity contribution in [3.63, 3.8) is 0 Å². The standard InChI is InChI=1S/C22H27N3O3S2/c1-6-30(27,28)18-9-7-17(8-10-18)21(26)25(12-11-24(4)5)22-23-19-13-15(2)16(3)14-20(19)29-22/h7-10,13-14H,6,11-12H2,1-5H3. The van der Waals surface area contributed by atoms with E-state index in [1.807, 2.05) is 25.1 Å². The Bertz CT molecular complexity index is 1130. The molecule has 1 aromatic heterocycles. The average molecular weight is 446 g/mol. The number of thiazole rings is 1. The van der Waals surface area contributed by atoms with E-state index in [0.29, 0.717) is 23.8 Å². The van der Waals surface area contributed by atoms with Gasteiger partial charge in [-0.2, -0.15) is 0 Å². The van der Waals surface area contributed by atoms with Crippen molar-refractivity contribution in [2.45, 2.75) is 25.7 Å². The average Bonchev–Trinajstić information content (AvgIpc) is 3.10. The van der Waals surface area contributed by atoms with Gasteiger partial charge in [-0.05, 0) is 75.5 Å². The second-order valence-corrected chi connectivity index (χ2v) is 10.9. The second-order valence-electron chi connectivity index (χ2n) is 7.59. The minimum Gasteiger partial charge on any atom is -0.308 e. The van der Waals surface area contributed by atoms with Gasteiger partial charge in [-0.15, -0.1) is 0 Å². The van der Waals surface area contributed by atoms with Crippen LogP contribution in [0.1, 0.15) is 28.4 Å². The Morgan fingerprint density at radius 3 is 2.27 bits per heavy atom. The van der Waals surface area contributed by atoms with Gasteiger partial charge in [0.2, 0.25) is 0 Å². The number of aryl methyl sites for hydroxylation is 2. The van der Waals surface area contributed by atoms with Gasteiger partial charge in [0, 0.05) is 18.7 Å². The maximum Gasteiger partial charge on any atom is 0.260 e. The third-order valence-electron chi connectivity index (χ3n) is 5.08. The van der Waals surface area contributed by atoms with Crippen molar-refractivity contribution in [2.75, 3.05) is 37.8 Å². The lowest BCUT2D eigenvalue weighted by molar-refractivity contribution is 0.0985. The zero-order chi connectivity index (χ0) is 22.1. The first-order valence-electron chi connectivity index (χ1n) is 9.79.